The molecule has 80 valence electrons. The van der Waals surface area contributed by atoms with Gasteiger partial charge in [0.05, 0.1) is 5.56 Å². The molecule has 0 radical (unpaired) electrons. The molecule has 15 heavy (non-hydrogen) atoms. The molecule has 5 heteroatoms. The van der Waals surface area contributed by atoms with Gasteiger partial charge in [0.2, 0.25) is 0 Å². The van der Waals surface area contributed by atoms with E-state index in [0.29, 0.717) is 5.69 Å². The highest BCUT2D eigenvalue weighted by Gasteiger charge is 2.17. The van der Waals surface area contributed by atoms with Gasteiger partial charge in [-0.05, 0) is 31.2 Å². The highest BCUT2D eigenvalue weighted by Crippen LogP contribution is 2.08. The number of benzene rings is 1. The number of esters is 1. The van der Waals surface area contributed by atoms with E-state index in [1.54, 1.807) is 12.1 Å². The Morgan fingerprint density at radius 1 is 1.33 bits per heavy atom. The second kappa shape index (κ2) is 4.45. The number of carbonyl (C=O) groups is 2. The van der Waals surface area contributed by atoms with Gasteiger partial charge in [0.15, 0.2) is 6.10 Å². The Morgan fingerprint density at radius 3 is 2.33 bits per heavy atom. The van der Waals surface area contributed by atoms with E-state index in [0.717, 1.165) is 0 Å². The van der Waals surface area contributed by atoms with Crippen LogP contribution >= 0.6 is 0 Å². The van der Waals surface area contributed by atoms with E-state index in [4.69, 9.17) is 10.8 Å². The van der Waals surface area contributed by atoms with Crippen LogP contribution in [0.1, 0.15) is 17.3 Å². The minimum Gasteiger partial charge on any atom is -0.479 e. The number of carboxylic acid groups (broad SMARTS) is 1. The molecule has 3 N–H and O–H groups in total. The van der Waals surface area contributed by atoms with Crippen LogP contribution < -0.4 is 5.73 Å². The lowest BCUT2D eigenvalue weighted by molar-refractivity contribution is -0.146. The molecule has 0 heterocycles. The molecule has 1 rings (SSSR count). The van der Waals surface area contributed by atoms with E-state index in [1.165, 1.54) is 19.1 Å². The standard InChI is InChI=1S/C10H11NO4/c1-6(9(12)13)15-10(14)7-2-4-8(11)5-3-7/h2-6H,11H2,1H3,(H,12,13). The number of anilines is 1. The molecular formula is C10H11NO4. The van der Waals surface area contributed by atoms with Gasteiger partial charge in [-0.3, -0.25) is 0 Å². The second-order valence-electron chi connectivity index (χ2n) is 3.01. The van der Waals surface area contributed by atoms with E-state index in [1.807, 2.05) is 0 Å². The van der Waals surface area contributed by atoms with Crippen molar-refractivity contribution in [3.63, 3.8) is 0 Å². The summed E-state index contributed by atoms with van der Waals surface area (Å²) in [4.78, 5) is 21.8. The van der Waals surface area contributed by atoms with Crippen LogP contribution in [0.25, 0.3) is 0 Å². The fourth-order valence-electron chi connectivity index (χ4n) is 0.898. The van der Waals surface area contributed by atoms with Crippen molar-refractivity contribution in [3.8, 4) is 0 Å². The molecule has 1 atom stereocenters. The summed E-state index contributed by atoms with van der Waals surface area (Å²) in [6.07, 6.45) is -1.16. The van der Waals surface area contributed by atoms with Crippen molar-refractivity contribution in [3.05, 3.63) is 29.8 Å². The lowest BCUT2D eigenvalue weighted by atomic mass is 10.2. The van der Waals surface area contributed by atoms with Gasteiger partial charge in [-0.15, -0.1) is 0 Å². The van der Waals surface area contributed by atoms with E-state index in [2.05, 4.69) is 4.74 Å². The Morgan fingerprint density at radius 2 is 1.87 bits per heavy atom. The molecule has 1 aromatic carbocycles. The van der Waals surface area contributed by atoms with Crippen LogP contribution in [0, 0.1) is 0 Å². The quantitative estimate of drug-likeness (QED) is 0.570. The van der Waals surface area contributed by atoms with Crippen LogP contribution in [-0.4, -0.2) is 23.1 Å². The third-order valence-corrected chi connectivity index (χ3v) is 1.78. The first-order valence-corrected chi connectivity index (χ1v) is 4.30. The van der Waals surface area contributed by atoms with Crippen LogP contribution in [0.3, 0.4) is 0 Å². The average Bonchev–Trinajstić information content (AvgIpc) is 2.18. The van der Waals surface area contributed by atoms with Gasteiger partial charge in [-0.1, -0.05) is 0 Å². The van der Waals surface area contributed by atoms with E-state index < -0.39 is 18.0 Å². The first-order valence-electron chi connectivity index (χ1n) is 4.30. The number of hydrogen-bond donors (Lipinski definition) is 2. The van der Waals surface area contributed by atoms with Crippen molar-refractivity contribution in [1.82, 2.24) is 0 Å². The summed E-state index contributed by atoms with van der Waals surface area (Å²) in [7, 11) is 0. The normalized spacial score (nSPS) is 11.8. The van der Waals surface area contributed by atoms with Crippen molar-refractivity contribution in [2.24, 2.45) is 0 Å². The fourth-order valence-corrected chi connectivity index (χ4v) is 0.898. The van der Waals surface area contributed by atoms with Crippen LogP contribution in [0.4, 0.5) is 5.69 Å². The second-order valence-corrected chi connectivity index (χ2v) is 3.01. The molecule has 5 nitrogen and oxygen atoms in total. The number of nitrogen functional groups attached to an aromatic ring is 1. The van der Waals surface area contributed by atoms with Crippen LogP contribution in [0.15, 0.2) is 24.3 Å². The predicted octanol–water partition coefficient (Wildman–Crippen LogP) is 0.899. The maximum Gasteiger partial charge on any atom is 0.344 e. The van der Waals surface area contributed by atoms with Gasteiger partial charge in [0.1, 0.15) is 0 Å². The Hall–Kier alpha value is -2.04. The summed E-state index contributed by atoms with van der Waals surface area (Å²) in [5, 5.41) is 8.52. The monoisotopic (exact) mass is 209 g/mol. The lowest BCUT2D eigenvalue weighted by Crippen LogP contribution is -2.23. The third-order valence-electron chi connectivity index (χ3n) is 1.78. The summed E-state index contributed by atoms with van der Waals surface area (Å²) in [6.45, 7) is 1.29. The highest BCUT2D eigenvalue weighted by molar-refractivity contribution is 5.91. The summed E-state index contributed by atoms with van der Waals surface area (Å²) >= 11 is 0. The molecule has 0 saturated carbocycles. The topological polar surface area (TPSA) is 89.6 Å². The van der Waals surface area contributed by atoms with Crippen LogP contribution in [0.5, 0.6) is 0 Å². The molecule has 0 aliphatic carbocycles. The van der Waals surface area contributed by atoms with Gasteiger partial charge >= 0.3 is 11.9 Å². The van der Waals surface area contributed by atoms with Crippen LogP contribution in [0.2, 0.25) is 0 Å². The molecule has 0 aliphatic heterocycles. The molecule has 1 unspecified atom stereocenters. The maximum atomic E-state index is 11.3. The van der Waals surface area contributed by atoms with Gasteiger partial charge in [0, 0.05) is 5.69 Å². The summed E-state index contributed by atoms with van der Waals surface area (Å²) in [5.74, 6) is -1.86. The first-order chi connectivity index (χ1) is 7.00. The maximum absolute atomic E-state index is 11.3. The Kier molecular flexibility index (Phi) is 3.28. The summed E-state index contributed by atoms with van der Waals surface area (Å²) < 4.78 is 4.66. The van der Waals surface area contributed by atoms with E-state index >= 15 is 0 Å². The zero-order chi connectivity index (χ0) is 11.4. The van der Waals surface area contributed by atoms with Crippen molar-refractivity contribution in [2.75, 3.05) is 5.73 Å². The van der Waals surface area contributed by atoms with Gasteiger partial charge in [-0.25, -0.2) is 9.59 Å². The van der Waals surface area contributed by atoms with Crippen molar-refractivity contribution < 1.29 is 19.4 Å². The number of aliphatic carboxylic acids is 1. The smallest absolute Gasteiger partial charge is 0.344 e. The summed E-state index contributed by atoms with van der Waals surface area (Å²) in [5.41, 5.74) is 6.23. The minimum atomic E-state index is -1.18. The molecule has 0 fully saturated rings. The van der Waals surface area contributed by atoms with E-state index in [9.17, 15) is 9.59 Å². The molecular weight excluding hydrogens is 198 g/mol. The van der Waals surface area contributed by atoms with Gasteiger partial charge < -0.3 is 15.6 Å². The molecule has 1 aromatic rings. The Bertz CT molecular complexity index is 372. The lowest BCUT2D eigenvalue weighted by Gasteiger charge is -2.08. The summed E-state index contributed by atoms with van der Waals surface area (Å²) in [6, 6.07) is 6.04. The average molecular weight is 209 g/mol. The highest BCUT2D eigenvalue weighted by atomic mass is 16.6. The van der Waals surface area contributed by atoms with Gasteiger partial charge in [-0.2, -0.15) is 0 Å². The molecule has 0 aliphatic rings. The Balaban J connectivity index is 2.69. The molecule has 0 aromatic heterocycles. The zero-order valence-electron chi connectivity index (χ0n) is 8.14. The molecule has 0 amide bonds. The molecule has 0 bridgehead atoms. The number of rotatable bonds is 3. The zero-order valence-corrected chi connectivity index (χ0v) is 8.14. The SMILES string of the molecule is CC(OC(=O)c1ccc(N)cc1)C(=O)O. The number of carbonyl (C=O) groups excluding carboxylic acids is 1. The molecule has 0 saturated heterocycles. The number of nitrogens with two attached hydrogens (primary N) is 1. The van der Waals surface area contributed by atoms with Crippen molar-refractivity contribution in [1.29, 1.82) is 0 Å². The third kappa shape index (κ3) is 2.98. The largest absolute Gasteiger partial charge is 0.479 e. The fraction of sp³-hybridized carbons (Fsp3) is 0.200. The van der Waals surface area contributed by atoms with E-state index in [-0.39, 0.29) is 5.56 Å². The minimum absolute atomic E-state index is 0.275. The predicted molar refractivity (Wildman–Crippen MR) is 53.4 cm³/mol. The number of carboxylic acids is 1. The van der Waals surface area contributed by atoms with Crippen molar-refractivity contribution >= 4 is 17.6 Å². The van der Waals surface area contributed by atoms with Crippen LogP contribution in [-0.2, 0) is 9.53 Å². The first kappa shape index (κ1) is 11.0. The number of hydrogen-bond acceptors (Lipinski definition) is 4. The Labute approximate surface area is 86.5 Å². The van der Waals surface area contributed by atoms with Gasteiger partial charge in [0.25, 0.3) is 0 Å². The van der Waals surface area contributed by atoms with Crippen molar-refractivity contribution in [2.45, 2.75) is 13.0 Å². The number of ether oxygens (including phenoxy) is 1. The molecule has 0 spiro atoms.